The van der Waals surface area contributed by atoms with E-state index in [9.17, 15) is 14.9 Å². The number of pyridine rings is 1. The van der Waals surface area contributed by atoms with Crippen LogP contribution in [0.4, 0.5) is 11.5 Å². The van der Waals surface area contributed by atoms with E-state index in [4.69, 9.17) is 5.11 Å². The zero-order chi connectivity index (χ0) is 14.7. The van der Waals surface area contributed by atoms with Crippen LogP contribution in [-0.4, -0.2) is 27.0 Å². The Labute approximate surface area is 116 Å². The molecule has 7 heteroatoms. The van der Waals surface area contributed by atoms with E-state index >= 15 is 0 Å². The number of aliphatic carboxylic acids is 1. The number of anilines is 1. The second-order valence-corrected chi connectivity index (χ2v) is 5.14. The van der Waals surface area contributed by atoms with Gasteiger partial charge in [-0.3, -0.25) is 14.9 Å². The minimum atomic E-state index is -0.743. The highest BCUT2D eigenvalue weighted by Crippen LogP contribution is 2.27. The number of carboxylic acids is 1. The molecule has 20 heavy (non-hydrogen) atoms. The van der Waals surface area contributed by atoms with Crippen molar-refractivity contribution in [2.45, 2.75) is 38.6 Å². The fourth-order valence-corrected chi connectivity index (χ4v) is 2.48. The Morgan fingerprint density at radius 1 is 1.45 bits per heavy atom. The van der Waals surface area contributed by atoms with Crippen LogP contribution in [0, 0.1) is 23.0 Å². The summed E-state index contributed by atoms with van der Waals surface area (Å²) in [7, 11) is 0. The molecule has 0 aliphatic heterocycles. The number of nitrogens with one attached hydrogen (secondary N) is 1. The van der Waals surface area contributed by atoms with Gasteiger partial charge in [-0.15, -0.1) is 0 Å². The number of nitro groups is 1. The molecule has 0 aromatic carbocycles. The van der Waals surface area contributed by atoms with Gasteiger partial charge in [-0.05, 0) is 32.6 Å². The lowest BCUT2D eigenvalue weighted by Gasteiger charge is -2.27. The minimum Gasteiger partial charge on any atom is -0.481 e. The molecule has 2 rings (SSSR count). The largest absolute Gasteiger partial charge is 0.481 e. The Hall–Kier alpha value is -2.18. The van der Waals surface area contributed by atoms with Gasteiger partial charge in [-0.25, -0.2) is 4.98 Å². The molecule has 1 fully saturated rings. The van der Waals surface area contributed by atoms with Crippen LogP contribution in [0.3, 0.4) is 0 Å². The Morgan fingerprint density at radius 2 is 2.10 bits per heavy atom. The van der Waals surface area contributed by atoms with Gasteiger partial charge in [0.1, 0.15) is 5.82 Å². The maximum atomic E-state index is 10.9. The van der Waals surface area contributed by atoms with E-state index in [1.807, 2.05) is 0 Å². The molecule has 0 saturated heterocycles. The Bertz CT molecular complexity index is 524. The molecule has 0 amide bonds. The van der Waals surface area contributed by atoms with Gasteiger partial charge >= 0.3 is 5.97 Å². The van der Waals surface area contributed by atoms with Crippen molar-refractivity contribution in [1.82, 2.24) is 4.98 Å². The van der Waals surface area contributed by atoms with Gasteiger partial charge < -0.3 is 10.4 Å². The number of aromatic nitrogens is 1. The SMILES string of the molecule is Cc1cnc(NC2CCC(C(=O)O)CC2)cc1[N+](=O)[O-]. The molecular weight excluding hydrogens is 262 g/mol. The van der Waals surface area contributed by atoms with E-state index < -0.39 is 10.9 Å². The lowest BCUT2D eigenvalue weighted by molar-refractivity contribution is -0.385. The van der Waals surface area contributed by atoms with E-state index in [0.29, 0.717) is 24.2 Å². The number of hydrogen-bond donors (Lipinski definition) is 2. The fourth-order valence-electron chi connectivity index (χ4n) is 2.48. The van der Waals surface area contributed by atoms with Crippen LogP contribution in [0.5, 0.6) is 0 Å². The second kappa shape index (κ2) is 5.85. The standard InChI is InChI=1S/C13H17N3O4/c1-8-7-14-12(6-11(8)16(19)20)15-10-4-2-9(3-5-10)13(17)18/h6-7,9-10H,2-5H2,1H3,(H,14,15)(H,17,18). The molecule has 108 valence electrons. The highest BCUT2D eigenvalue weighted by Gasteiger charge is 2.26. The third-order valence-electron chi connectivity index (χ3n) is 3.70. The van der Waals surface area contributed by atoms with Gasteiger partial charge in [0, 0.05) is 17.8 Å². The third kappa shape index (κ3) is 3.23. The van der Waals surface area contributed by atoms with Crippen molar-refractivity contribution in [3.05, 3.63) is 27.9 Å². The maximum absolute atomic E-state index is 10.9. The van der Waals surface area contributed by atoms with E-state index in [0.717, 1.165) is 12.8 Å². The first-order chi connectivity index (χ1) is 9.47. The van der Waals surface area contributed by atoms with Gasteiger partial charge in [-0.2, -0.15) is 0 Å². The van der Waals surface area contributed by atoms with Gasteiger partial charge in [0.2, 0.25) is 0 Å². The average Bonchev–Trinajstić information content (AvgIpc) is 2.41. The predicted molar refractivity (Wildman–Crippen MR) is 72.6 cm³/mol. The summed E-state index contributed by atoms with van der Waals surface area (Å²) in [5, 5.41) is 23.0. The van der Waals surface area contributed by atoms with Crippen molar-refractivity contribution in [2.24, 2.45) is 5.92 Å². The van der Waals surface area contributed by atoms with Gasteiger partial charge in [0.25, 0.3) is 5.69 Å². The number of hydrogen-bond acceptors (Lipinski definition) is 5. The number of rotatable bonds is 4. The molecular formula is C13H17N3O4. The quantitative estimate of drug-likeness (QED) is 0.647. The summed E-state index contributed by atoms with van der Waals surface area (Å²) in [6.07, 6.45) is 4.20. The first-order valence-corrected chi connectivity index (χ1v) is 6.57. The molecule has 1 aliphatic rings. The summed E-state index contributed by atoms with van der Waals surface area (Å²) in [6.45, 7) is 1.65. The predicted octanol–water partition coefficient (Wildman–Crippen LogP) is 2.35. The van der Waals surface area contributed by atoms with Crippen molar-refractivity contribution in [2.75, 3.05) is 5.32 Å². The summed E-state index contributed by atoms with van der Waals surface area (Å²) in [5.41, 5.74) is 0.567. The lowest BCUT2D eigenvalue weighted by Crippen LogP contribution is -2.29. The molecule has 7 nitrogen and oxygen atoms in total. The van der Waals surface area contributed by atoms with Crippen molar-refractivity contribution in [1.29, 1.82) is 0 Å². The maximum Gasteiger partial charge on any atom is 0.306 e. The summed E-state index contributed by atoms with van der Waals surface area (Å²) in [4.78, 5) is 25.4. The minimum absolute atomic E-state index is 0.0433. The van der Waals surface area contributed by atoms with Crippen molar-refractivity contribution in [3.63, 3.8) is 0 Å². The van der Waals surface area contributed by atoms with Crippen LogP contribution in [-0.2, 0) is 4.79 Å². The molecule has 1 heterocycles. The lowest BCUT2D eigenvalue weighted by atomic mass is 9.86. The van der Waals surface area contributed by atoms with Crippen LogP contribution >= 0.6 is 0 Å². The smallest absolute Gasteiger partial charge is 0.306 e. The zero-order valence-corrected chi connectivity index (χ0v) is 11.2. The zero-order valence-electron chi connectivity index (χ0n) is 11.2. The van der Waals surface area contributed by atoms with Gasteiger partial charge in [-0.1, -0.05) is 0 Å². The normalized spacial score (nSPS) is 22.2. The first-order valence-electron chi connectivity index (χ1n) is 6.57. The Morgan fingerprint density at radius 3 is 2.65 bits per heavy atom. The molecule has 0 unspecified atom stereocenters. The van der Waals surface area contributed by atoms with Crippen LogP contribution in [0.1, 0.15) is 31.2 Å². The number of carboxylic acid groups (broad SMARTS) is 1. The highest BCUT2D eigenvalue weighted by molar-refractivity contribution is 5.70. The van der Waals surface area contributed by atoms with Crippen LogP contribution in [0.15, 0.2) is 12.3 Å². The number of carbonyl (C=O) groups is 1. The van der Waals surface area contributed by atoms with Crippen LogP contribution in [0.25, 0.3) is 0 Å². The van der Waals surface area contributed by atoms with Crippen molar-refractivity contribution < 1.29 is 14.8 Å². The molecule has 0 bridgehead atoms. The van der Waals surface area contributed by atoms with Crippen molar-refractivity contribution in [3.8, 4) is 0 Å². The Kier molecular flexibility index (Phi) is 4.16. The fraction of sp³-hybridized carbons (Fsp3) is 0.538. The summed E-state index contributed by atoms with van der Waals surface area (Å²) >= 11 is 0. The van der Waals surface area contributed by atoms with E-state index in [1.54, 1.807) is 6.92 Å². The molecule has 1 aliphatic carbocycles. The van der Waals surface area contributed by atoms with Gasteiger partial charge in [0.15, 0.2) is 0 Å². The third-order valence-corrected chi connectivity index (χ3v) is 3.70. The first kappa shape index (κ1) is 14.2. The van der Waals surface area contributed by atoms with E-state index in [-0.39, 0.29) is 17.6 Å². The monoisotopic (exact) mass is 279 g/mol. The van der Waals surface area contributed by atoms with E-state index in [1.165, 1.54) is 12.3 Å². The molecule has 2 N–H and O–H groups in total. The molecule has 0 atom stereocenters. The summed E-state index contributed by atoms with van der Waals surface area (Å²) in [5.74, 6) is -0.540. The number of aryl methyl sites for hydroxylation is 1. The average molecular weight is 279 g/mol. The number of nitrogens with zero attached hydrogens (tertiary/aromatic N) is 2. The summed E-state index contributed by atoms with van der Waals surface area (Å²) < 4.78 is 0. The van der Waals surface area contributed by atoms with Gasteiger partial charge in [0.05, 0.1) is 16.9 Å². The summed E-state index contributed by atoms with van der Waals surface area (Å²) in [6, 6.07) is 1.55. The molecule has 1 aromatic rings. The molecule has 1 saturated carbocycles. The second-order valence-electron chi connectivity index (χ2n) is 5.14. The molecule has 0 radical (unpaired) electrons. The topological polar surface area (TPSA) is 105 Å². The van der Waals surface area contributed by atoms with Crippen molar-refractivity contribution >= 4 is 17.5 Å². The molecule has 0 spiro atoms. The Balaban J connectivity index is 1.99. The van der Waals surface area contributed by atoms with Crippen LogP contribution < -0.4 is 5.32 Å². The molecule has 1 aromatic heterocycles. The highest BCUT2D eigenvalue weighted by atomic mass is 16.6. The van der Waals surface area contributed by atoms with E-state index in [2.05, 4.69) is 10.3 Å². The van der Waals surface area contributed by atoms with Crippen LogP contribution in [0.2, 0.25) is 0 Å².